The summed E-state index contributed by atoms with van der Waals surface area (Å²) in [5.41, 5.74) is -2.19. The first-order valence-electron chi connectivity index (χ1n) is 14.9. The van der Waals surface area contributed by atoms with Gasteiger partial charge in [0, 0.05) is 24.7 Å². The van der Waals surface area contributed by atoms with Gasteiger partial charge in [-0.3, -0.25) is 13.6 Å². The highest BCUT2D eigenvalue weighted by molar-refractivity contribution is 7.99. The lowest BCUT2D eigenvalue weighted by Gasteiger charge is -2.46. The van der Waals surface area contributed by atoms with Crippen LogP contribution in [0.25, 0.3) is 0 Å². The van der Waals surface area contributed by atoms with Crippen molar-refractivity contribution in [2.45, 2.75) is 133 Å². The van der Waals surface area contributed by atoms with Gasteiger partial charge in [-0.05, 0) is 59.1 Å². The Morgan fingerprint density at radius 2 is 1.35 bits per heavy atom. The second kappa shape index (κ2) is 15.8. The topological polar surface area (TPSA) is 81.7 Å². The molecule has 10 heteroatoms. The Balaban J connectivity index is 1.97. The van der Waals surface area contributed by atoms with Gasteiger partial charge in [-0.1, -0.05) is 70.0 Å². The second-order valence-electron chi connectivity index (χ2n) is 11.5. The van der Waals surface area contributed by atoms with Crippen LogP contribution in [0.3, 0.4) is 0 Å². The van der Waals surface area contributed by atoms with Crippen LogP contribution in [0.1, 0.15) is 87.0 Å². The van der Waals surface area contributed by atoms with Crippen molar-refractivity contribution < 1.29 is 37.1 Å². The quantitative estimate of drug-likeness (QED) is 0.131. The third kappa shape index (κ3) is 9.26. The van der Waals surface area contributed by atoms with Crippen LogP contribution in [0.2, 0.25) is 0 Å². The van der Waals surface area contributed by atoms with Crippen LogP contribution in [-0.4, -0.2) is 67.5 Å². The molecule has 8 nitrogen and oxygen atoms in total. The molecule has 0 N–H and O–H groups in total. The minimum absolute atomic E-state index is 0.369. The molecule has 0 bridgehead atoms. The third-order valence-corrected chi connectivity index (χ3v) is 10.5. The second-order valence-corrected chi connectivity index (χ2v) is 14.1. The summed E-state index contributed by atoms with van der Waals surface area (Å²) >= 11 is 1.50. The molecule has 0 amide bonds. The highest BCUT2D eigenvalue weighted by Crippen LogP contribution is 2.66. The summed E-state index contributed by atoms with van der Waals surface area (Å²) in [5.74, 6) is 0. The van der Waals surface area contributed by atoms with Crippen LogP contribution in [0, 0.1) is 0 Å². The number of hydrogen-bond acceptors (Lipinski definition) is 9. The molecule has 5 unspecified atom stereocenters. The molecule has 2 heterocycles. The fourth-order valence-electron chi connectivity index (χ4n) is 4.41. The molecule has 5 atom stereocenters. The van der Waals surface area contributed by atoms with Crippen LogP contribution in [0.4, 0.5) is 0 Å². The van der Waals surface area contributed by atoms with Gasteiger partial charge in [-0.15, -0.1) is 0 Å². The van der Waals surface area contributed by atoms with E-state index in [1.54, 1.807) is 0 Å². The van der Waals surface area contributed by atoms with Gasteiger partial charge in [0.1, 0.15) is 41.1 Å². The van der Waals surface area contributed by atoms with E-state index in [1.807, 2.05) is 58.0 Å². The largest absolute Gasteiger partial charge is 0.476 e. The maximum absolute atomic E-state index is 14.0. The van der Waals surface area contributed by atoms with Gasteiger partial charge >= 0.3 is 7.82 Å². The summed E-state index contributed by atoms with van der Waals surface area (Å²) in [6.07, 6.45) is 3.58. The van der Waals surface area contributed by atoms with Gasteiger partial charge in [-0.2, -0.15) is 0 Å². The zero-order chi connectivity index (χ0) is 29.2. The summed E-state index contributed by atoms with van der Waals surface area (Å²) in [4.78, 5) is 0.997. The smallest absolute Gasteiger partial charge is 0.379 e. The number of rotatable bonds is 17. The lowest BCUT2D eigenvalue weighted by atomic mass is 9.90. The van der Waals surface area contributed by atoms with Crippen molar-refractivity contribution >= 4 is 19.6 Å². The van der Waals surface area contributed by atoms with E-state index in [4.69, 9.17) is 32.5 Å². The first-order chi connectivity index (χ1) is 19.1. The van der Waals surface area contributed by atoms with E-state index in [2.05, 4.69) is 20.8 Å². The van der Waals surface area contributed by atoms with Gasteiger partial charge in [0.15, 0.2) is 0 Å². The molecule has 0 aromatic heterocycles. The molecule has 2 aliphatic rings. The zero-order valence-corrected chi connectivity index (χ0v) is 27.2. The van der Waals surface area contributed by atoms with E-state index in [-0.39, 0.29) is 6.10 Å². The molecule has 0 spiro atoms. The van der Waals surface area contributed by atoms with Crippen molar-refractivity contribution in [1.82, 2.24) is 0 Å². The molecule has 2 fully saturated rings. The first kappa shape index (κ1) is 34.0. The van der Waals surface area contributed by atoms with Crippen molar-refractivity contribution in [2.75, 3.05) is 26.4 Å². The average molecular weight is 603 g/mol. The SMILES string of the molecule is CCCCOCC1OC(Sc2ccccc2)C(OP2(=O)OC(C)(C)C(C)(C)O2)C(OCCCC)C1OCCCC. The molecule has 2 aliphatic heterocycles. The highest BCUT2D eigenvalue weighted by Gasteiger charge is 2.60. The Kier molecular flexibility index (Phi) is 13.5. The molecule has 0 aliphatic carbocycles. The molecule has 230 valence electrons. The van der Waals surface area contributed by atoms with E-state index in [0.717, 1.165) is 43.4 Å². The van der Waals surface area contributed by atoms with Crippen LogP contribution in [-0.2, 0) is 37.1 Å². The maximum Gasteiger partial charge on any atom is 0.476 e. The molecule has 0 saturated carbocycles. The van der Waals surface area contributed by atoms with Crippen molar-refractivity contribution in [3.63, 3.8) is 0 Å². The van der Waals surface area contributed by atoms with Crippen LogP contribution in [0.15, 0.2) is 35.2 Å². The third-order valence-electron chi connectivity index (χ3n) is 7.51. The predicted octanol–water partition coefficient (Wildman–Crippen LogP) is 7.79. The number of hydrogen-bond donors (Lipinski definition) is 0. The molecule has 0 radical (unpaired) electrons. The Bertz CT molecular complexity index is 894. The molecule has 3 rings (SSSR count). The van der Waals surface area contributed by atoms with E-state index in [9.17, 15) is 4.57 Å². The summed E-state index contributed by atoms with van der Waals surface area (Å²) in [6.45, 7) is 15.9. The summed E-state index contributed by atoms with van der Waals surface area (Å²) < 4.78 is 58.2. The van der Waals surface area contributed by atoms with Gasteiger partial charge in [0.05, 0.1) is 6.61 Å². The molecule has 2 saturated heterocycles. The molecule has 1 aromatic carbocycles. The average Bonchev–Trinajstić information content (AvgIpc) is 3.06. The van der Waals surface area contributed by atoms with Gasteiger partial charge < -0.3 is 18.9 Å². The van der Waals surface area contributed by atoms with Crippen molar-refractivity contribution in [3.05, 3.63) is 30.3 Å². The molecular weight excluding hydrogens is 551 g/mol. The zero-order valence-electron chi connectivity index (χ0n) is 25.5. The Hall–Kier alpha value is -0.480. The monoisotopic (exact) mass is 602 g/mol. The summed E-state index contributed by atoms with van der Waals surface area (Å²) in [5, 5.41) is 0. The highest BCUT2D eigenvalue weighted by atomic mass is 32.2. The predicted molar refractivity (Wildman–Crippen MR) is 159 cm³/mol. The Morgan fingerprint density at radius 1 is 0.800 bits per heavy atom. The Morgan fingerprint density at radius 3 is 1.93 bits per heavy atom. The minimum atomic E-state index is -3.97. The number of phosphoric acid groups is 1. The number of benzene rings is 1. The van der Waals surface area contributed by atoms with E-state index in [1.165, 1.54) is 11.8 Å². The van der Waals surface area contributed by atoms with Crippen LogP contribution >= 0.6 is 19.6 Å². The van der Waals surface area contributed by atoms with Gasteiger partial charge in [0.25, 0.3) is 0 Å². The number of thioether (sulfide) groups is 1. The number of phosphoric ester groups is 1. The normalized spacial score (nSPS) is 29.0. The standard InChI is InChI=1S/C30H51O8PS/c1-8-11-19-32-22-24-25(33-20-12-9-2)26(34-21-13-10-3)27(28(35-24)40-23-17-15-14-16-18-23)36-39(31)37-29(4,5)30(6,7)38-39/h14-18,24-28H,8-13,19-22H2,1-7H3. The summed E-state index contributed by atoms with van der Waals surface area (Å²) in [6, 6.07) is 9.97. The van der Waals surface area contributed by atoms with Crippen molar-refractivity contribution in [1.29, 1.82) is 0 Å². The van der Waals surface area contributed by atoms with Gasteiger partial charge in [-0.25, -0.2) is 4.57 Å². The minimum Gasteiger partial charge on any atom is -0.379 e. The summed E-state index contributed by atoms with van der Waals surface area (Å²) in [7, 11) is -3.97. The lowest BCUT2D eigenvalue weighted by Crippen LogP contribution is -2.60. The molecular formula is C30H51O8PS. The first-order valence-corrected chi connectivity index (χ1v) is 17.3. The number of unbranched alkanes of at least 4 members (excludes halogenated alkanes) is 3. The van der Waals surface area contributed by atoms with Crippen LogP contribution < -0.4 is 0 Å². The van der Waals surface area contributed by atoms with Crippen LogP contribution in [0.5, 0.6) is 0 Å². The van der Waals surface area contributed by atoms with Crippen molar-refractivity contribution in [2.24, 2.45) is 0 Å². The number of ether oxygens (including phenoxy) is 4. The lowest BCUT2D eigenvalue weighted by molar-refractivity contribution is -0.234. The van der Waals surface area contributed by atoms with Gasteiger partial charge in [0.2, 0.25) is 0 Å². The molecule has 1 aromatic rings. The molecule has 40 heavy (non-hydrogen) atoms. The Labute approximate surface area is 246 Å². The van der Waals surface area contributed by atoms with E-state index in [0.29, 0.717) is 26.4 Å². The van der Waals surface area contributed by atoms with E-state index < -0.39 is 42.8 Å². The van der Waals surface area contributed by atoms with E-state index >= 15 is 0 Å². The van der Waals surface area contributed by atoms with Crippen molar-refractivity contribution in [3.8, 4) is 0 Å². The fraction of sp³-hybridized carbons (Fsp3) is 0.800. The fourth-order valence-corrected chi connectivity index (χ4v) is 7.82. The maximum atomic E-state index is 14.0.